The zero-order valence-corrected chi connectivity index (χ0v) is 14.0. The molecule has 1 aliphatic heterocycles. The summed E-state index contributed by atoms with van der Waals surface area (Å²) in [6.07, 6.45) is 5.02. The second kappa shape index (κ2) is 6.75. The fourth-order valence-electron chi connectivity index (χ4n) is 3.26. The number of carbonyl (C=O) groups is 1. The molecular weight excluding hydrogens is 274 g/mol. The van der Waals surface area contributed by atoms with Crippen molar-refractivity contribution in [2.75, 3.05) is 17.3 Å². The third-order valence-electron chi connectivity index (χ3n) is 4.31. The number of hydrogen-bond donors (Lipinski definition) is 1. The van der Waals surface area contributed by atoms with Gasteiger partial charge in [-0.25, -0.2) is 0 Å². The van der Waals surface area contributed by atoms with Gasteiger partial charge in [0.25, 0.3) is 0 Å². The van der Waals surface area contributed by atoms with E-state index in [1.54, 1.807) is 0 Å². The van der Waals surface area contributed by atoms with Crippen molar-refractivity contribution >= 4 is 29.4 Å². The monoisotopic (exact) mass is 301 g/mol. The first-order valence-electron chi connectivity index (χ1n) is 7.48. The summed E-state index contributed by atoms with van der Waals surface area (Å²) in [5.41, 5.74) is 0.298. The molecule has 1 amide bonds. The van der Waals surface area contributed by atoms with Gasteiger partial charge in [0.15, 0.2) is 0 Å². The normalized spacial score (nSPS) is 32.9. The van der Waals surface area contributed by atoms with Crippen LogP contribution in [0.5, 0.6) is 0 Å². The van der Waals surface area contributed by atoms with E-state index in [-0.39, 0.29) is 5.25 Å². The van der Waals surface area contributed by atoms with Gasteiger partial charge in [0.1, 0.15) is 0 Å². The SMILES string of the molecule is CC(C)(C)C1CCCCC1NC(=O)C1CSCCS1. The van der Waals surface area contributed by atoms with Gasteiger partial charge in [0.2, 0.25) is 5.91 Å². The number of hydrogen-bond acceptors (Lipinski definition) is 3. The van der Waals surface area contributed by atoms with E-state index >= 15 is 0 Å². The molecule has 3 atom stereocenters. The maximum absolute atomic E-state index is 12.4. The first-order chi connectivity index (χ1) is 8.98. The molecule has 0 radical (unpaired) electrons. The molecular formula is C15H27NOS2. The minimum atomic E-state index is 0.182. The van der Waals surface area contributed by atoms with Crippen molar-refractivity contribution in [1.29, 1.82) is 0 Å². The Morgan fingerprint density at radius 2 is 1.89 bits per heavy atom. The molecule has 0 spiro atoms. The van der Waals surface area contributed by atoms with Gasteiger partial charge in [-0.1, -0.05) is 33.6 Å². The van der Waals surface area contributed by atoms with Crippen LogP contribution in [0.25, 0.3) is 0 Å². The number of carbonyl (C=O) groups excluding carboxylic acids is 1. The van der Waals surface area contributed by atoms with Gasteiger partial charge in [-0.05, 0) is 24.2 Å². The number of thioether (sulfide) groups is 2. The lowest BCUT2D eigenvalue weighted by atomic mass is 9.69. The molecule has 0 aromatic heterocycles. The van der Waals surface area contributed by atoms with Crippen molar-refractivity contribution < 1.29 is 4.79 Å². The Morgan fingerprint density at radius 3 is 2.53 bits per heavy atom. The van der Waals surface area contributed by atoms with E-state index < -0.39 is 0 Å². The van der Waals surface area contributed by atoms with Crippen molar-refractivity contribution in [3.8, 4) is 0 Å². The highest BCUT2D eigenvalue weighted by molar-refractivity contribution is 8.07. The van der Waals surface area contributed by atoms with Gasteiger partial charge in [-0.3, -0.25) is 4.79 Å². The van der Waals surface area contributed by atoms with Crippen LogP contribution in [0.1, 0.15) is 46.5 Å². The molecule has 2 aliphatic rings. The Balaban J connectivity index is 1.93. The Labute approximate surface area is 126 Å². The zero-order chi connectivity index (χ0) is 13.9. The van der Waals surface area contributed by atoms with E-state index in [2.05, 4.69) is 26.1 Å². The van der Waals surface area contributed by atoms with Crippen molar-refractivity contribution in [2.24, 2.45) is 11.3 Å². The van der Waals surface area contributed by atoms with Crippen LogP contribution < -0.4 is 5.32 Å². The summed E-state index contributed by atoms with van der Waals surface area (Å²) in [5, 5.41) is 3.55. The van der Waals surface area contributed by atoms with Crippen LogP contribution in [-0.4, -0.2) is 34.5 Å². The molecule has 1 saturated heterocycles. The van der Waals surface area contributed by atoms with Crippen LogP contribution in [0.2, 0.25) is 0 Å². The van der Waals surface area contributed by atoms with Crippen LogP contribution in [0, 0.1) is 11.3 Å². The quantitative estimate of drug-likeness (QED) is 0.845. The second-order valence-corrected chi connectivity index (χ2v) is 9.27. The number of nitrogens with one attached hydrogen (secondary N) is 1. The Morgan fingerprint density at radius 1 is 1.16 bits per heavy atom. The molecule has 1 heterocycles. The van der Waals surface area contributed by atoms with Crippen molar-refractivity contribution in [3.63, 3.8) is 0 Å². The fourth-order valence-corrected chi connectivity index (χ4v) is 5.82. The lowest BCUT2D eigenvalue weighted by Gasteiger charge is -2.41. The summed E-state index contributed by atoms with van der Waals surface area (Å²) < 4.78 is 0. The largest absolute Gasteiger partial charge is 0.352 e. The maximum atomic E-state index is 12.4. The van der Waals surface area contributed by atoms with Gasteiger partial charge >= 0.3 is 0 Å². The zero-order valence-electron chi connectivity index (χ0n) is 12.4. The molecule has 0 aromatic rings. The molecule has 1 aliphatic carbocycles. The third kappa shape index (κ3) is 4.32. The van der Waals surface area contributed by atoms with Crippen LogP contribution in [-0.2, 0) is 4.79 Å². The van der Waals surface area contributed by atoms with E-state index in [0.29, 0.717) is 23.3 Å². The van der Waals surface area contributed by atoms with Crippen LogP contribution in [0.3, 0.4) is 0 Å². The van der Waals surface area contributed by atoms with Crippen LogP contribution >= 0.6 is 23.5 Å². The molecule has 19 heavy (non-hydrogen) atoms. The number of rotatable bonds is 2. The molecule has 2 nitrogen and oxygen atoms in total. The van der Waals surface area contributed by atoms with Crippen LogP contribution in [0.15, 0.2) is 0 Å². The van der Waals surface area contributed by atoms with E-state index in [9.17, 15) is 4.79 Å². The summed E-state index contributed by atoms with van der Waals surface area (Å²) in [4.78, 5) is 12.4. The molecule has 0 bridgehead atoms. The maximum Gasteiger partial charge on any atom is 0.234 e. The summed E-state index contributed by atoms with van der Waals surface area (Å²) in [7, 11) is 0. The molecule has 1 saturated carbocycles. The molecule has 2 rings (SSSR count). The van der Waals surface area contributed by atoms with Gasteiger partial charge in [-0.2, -0.15) is 11.8 Å². The molecule has 110 valence electrons. The Bertz CT molecular complexity index is 308. The van der Waals surface area contributed by atoms with Gasteiger partial charge in [0, 0.05) is 23.3 Å². The summed E-state index contributed by atoms with van der Waals surface area (Å²) in [6, 6.07) is 0.397. The first-order valence-corrected chi connectivity index (χ1v) is 9.68. The topological polar surface area (TPSA) is 29.1 Å². The average Bonchev–Trinajstić information content (AvgIpc) is 2.39. The highest BCUT2D eigenvalue weighted by Gasteiger charge is 2.36. The highest BCUT2D eigenvalue weighted by atomic mass is 32.2. The van der Waals surface area contributed by atoms with Gasteiger partial charge in [0.05, 0.1) is 5.25 Å². The standard InChI is InChI=1S/C15H27NOS2/c1-15(2,3)11-6-4-5-7-12(11)16-14(17)13-10-18-8-9-19-13/h11-13H,4-10H2,1-3H3,(H,16,17). The van der Waals surface area contributed by atoms with Gasteiger partial charge < -0.3 is 5.32 Å². The minimum absolute atomic E-state index is 0.182. The van der Waals surface area contributed by atoms with Crippen molar-refractivity contribution in [3.05, 3.63) is 0 Å². The van der Waals surface area contributed by atoms with Gasteiger partial charge in [-0.15, -0.1) is 11.8 Å². The smallest absolute Gasteiger partial charge is 0.234 e. The van der Waals surface area contributed by atoms with E-state index in [4.69, 9.17) is 0 Å². The molecule has 0 aromatic carbocycles. The molecule has 2 fully saturated rings. The Hall–Kier alpha value is 0.170. The molecule has 1 N–H and O–H groups in total. The summed E-state index contributed by atoms with van der Waals surface area (Å²) in [5.74, 6) is 4.23. The molecule has 3 unspecified atom stereocenters. The predicted octanol–water partition coefficient (Wildman–Crippen LogP) is 3.56. The third-order valence-corrected chi connectivity index (χ3v) is 7.07. The lowest BCUT2D eigenvalue weighted by molar-refractivity contribution is -0.121. The predicted molar refractivity (Wildman–Crippen MR) is 86.9 cm³/mol. The Kier molecular flexibility index (Phi) is 5.53. The number of amides is 1. The summed E-state index contributed by atoms with van der Waals surface area (Å²) in [6.45, 7) is 6.94. The fraction of sp³-hybridized carbons (Fsp3) is 0.933. The highest BCUT2D eigenvalue weighted by Crippen LogP contribution is 2.38. The van der Waals surface area contributed by atoms with Crippen LogP contribution in [0.4, 0.5) is 0 Å². The van der Waals surface area contributed by atoms with E-state index in [1.165, 1.54) is 25.0 Å². The average molecular weight is 302 g/mol. The van der Waals surface area contributed by atoms with E-state index in [0.717, 1.165) is 17.9 Å². The first kappa shape index (κ1) is 15.6. The van der Waals surface area contributed by atoms with E-state index in [1.807, 2.05) is 23.5 Å². The second-order valence-electron chi connectivity index (χ2n) is 6.81. The van der Waals surface area contributed by atoms with Crippen molar-refractivity contribution in [2.45, 2.75) is 57.7 Å². The minimum Gasteiger partial charge on any atom is -0.352 e. The molecule has 4 heteroatoms. The summed E-state index contributed by atoms with van der Waals surface area (Å²) >= 11 is 3.75. The lowest BCUT2D eigenvalue weighted by Crippen LogP contribution is -2.49. The van der Waals surface area contributed by atoms with Crippen molar-refractivity contribution in [1.82, 2.24) is 5.32 Å².